The fourth-order valence-electron chi connectivity index (χ4n) is 3.35. The van der Waals surface area contributed by atoms with Gasteiger partial charge in [0, 0.05) is 23.6 Å². The summed E-state index contributed by atoms with van der Waals surface area (Å²) in [5.41, 5.74) is 3.60. The molecular formula is C24H23N5O2S. The quantitative estimate of drug-likeness (QED) is 0.398. The maximum atomic E-state index is 12.7. The number of hydrogen-bond acceptors (Lipinski definition) is 6. The Morgan fingerprint density at radius 1 is 1.03 bits per heavy atom. The predicted molar refractivity (Wildman–Crippen MR) is 126 cm³/mol. The number of thioether (sulfide) groups is 1. The molecule has 2 aromatic carbocycles. The molecule has 2 heterocycles. The summed E-state index contributed by atoms with van der Waals surface area (Å²) in [4.78, 5) is 16.8. The van der Waals surface area contributed by atoms with Crippen molar-refractivity contribution in [3.63, 3.8) is 0 Å². The Balaban J connectivity index is 1.63. The molecule has 2 aromatic heterocycles. The van der Waals surface area contributed by atoms with Crippen molar-refractivity contribution in [3.05, 3.63) is 78.6 Å². The highest BCUT2D eigenvalue weighted by molar-refractivity contribution is 7.99. The summed E-state index contributed by atoms with van der Waals surface area (Å²) in [6, 6.07) is 19.2. The molecule has 0 aliphatic heterocycles. The third-order valence-electron chi connectivity index (χ3n) is 4.90. The number of rotatable bonds is 8. The van der Waals surface area contributed by atoms with Gasteiger partial charge in [-0.05, 0) is 42.3 Å². The van der Waals surface area contributed by atoms with Crippen LogP contribution in [0.4, 0.5) is 5.69 Å². The number of pyridine rings is 1. The van der Waals surface area contributed by atoms with Gasteiger partial charge in [0.05, 0.1) is 18.6 Å². The predicted octanol–water partition coefficient (Wildman–Crippen LogP) is 4.63. The fraction of sp³-hybridized carbons (Fsp3) is 0.167. The molecule has 0 bridgehead atoms. The van der Waals surface area contributed by atoms with Gasteiger partial charge < -0.3 is 10.1 Å². The summed E-state index contributed by atoms with van der Waals surface area (Å²) >= 11 is 1.32. The van der Waals surface area contributed by atoms with Crippen LogP contribution in [0.3, 0.4) is 0 Å². The van der Waals surface area contributed by atoms with E-state index in [4.69, 9.17) is 4.74 Å². The monoisotopic (exact) mass is 445 g/mol. The van der Waals surface area contributed by atoms with Crippen LogP contribution in [0.15, 0.2) is 78.2 Å². The number of benzene rings is 2. The van der Waals surface area contributed by atoms with Crippen molar-refractivity contribution >= 4 is 23.4 Å². The molecule has 32 heavy (non-hydrogen) atoms. The molecule has 4 rings (SSSR count). The molecule has 0 aliphatic carbocycles. The number of nitrogens with one attached hydrogen (secondary N) is 1. The van der Waals surface area contributed by atoms with Crippen molar-refractivity contribution in [1.82, 2.24) is 19.7 Å². The Hall–Kier alpha value is -3.65. The minimum atomic E-state index is -0.101. The van der Waals surface area contributed by atoms with Crippen molar-refractivity contribution in [2.75, 3.05) is 18.2 Å². The van der Waals surface area contributed by atoms with E-state index in [0.717, 1.165) is 28.9 Å². The Bertz CT molecular complexity index is 1210. The molecule has 1 N–H and O–H groups in total. The zero-order valence-corrected chi connectivity index (χ0v) is 18.7. The van der Waals surface area contributed by atoms with Crippen LogP contribution in [-0.2, 0) is 11.2 Å². The lowest BCUT2D eigenvalue weighted by Crippen LogP contribution is -2.15. The van der Waals surface area contributed by atoms with E-state index in [2.05, 4.69) is 27.4 Å². The zero-order chi connectivity index (χ0) is 22.3. The maximum Gasteiger partial charge on any atom is 0.234 e. The second-order valence-electron chi connectivity index (χ2n) is 6.90. The number of aromatic nitrogens is 4. The molecule has 0 spiro atoms. The van der Waals surface area contributed by atoms with Crippen LogP contribution >= 0.6 is 11.8 Å². The summed E-state index contributed by atoms with van der Waals surface area (Å²) in [5, 5.41) is 12.4. The van der Waals surface area contributed by atoms with Crippen molar-refractivity contribution in [3.8, 4) is 22.8 Å². The van der Waals surface area contributed by atoms with E-state index in [1.54, 1.807) is 19.5 Å². The summed E-state index contributed by atoms with van der Waals surface area (Å²) in [7, 11) is 1.63. The molecule has 7 nitrogen and oxygen atoms in total. The number of carbonyl (C=O) groups excluding carboxylic acids is 1. The normalized spacial score (nSPS) is 10.7. The second kappa shape index (κ2) is 10.1. The van der Waals surface area contributed by atoms with E-state index in [1.807, 2.05) is 65.2 Å². The molecule has 0 fully saturated rings. The largest absolute Gasteiger partial charge is 0.495 e. The molecule has 0 radical (unpaired) electrons. The first kappa shape index (κ1) is 21.6. The number of methoxy groups -OCH3 is 1. The average Bonchev–Trinajstić information content (AvgIpc) is 3.27. The van der Waals surface area contributed by atoms with Gasteiger partial charge in [0.1, 0.15) is 5.75 Å². The molecule has 8 heteroatoms. The SMILES string of the molecule is CCc1ccccc1NC(=O)CSc1nnc(-c2ccncc2)n1-c1ccccc1OC. The van der Waals surface area contributed by atoms with Crippen molar-refractivity contribution in [2.24, 2.45) is 0 Å². The highest BCUT2D eigenvalue weighted by Crippen LogP contribution is 2.32. The van der Waals surface area contributed by atoms with Crippen LogP contribution < -0.4 is 10.1 Å². The lowest BCUT2D eigenvalue weighted by molar-refractivity contribution is -0.113. The molecule has 0 saturated heterocycles. The van der Waals surface area contributed by atoms with Gasteiger partial charge in [-0.2, -0.15) is 0 Å². The number of nitrogens with zero attached hydrogens (tertiary/aromatic N) is 4. The average molecular weight is 446 g/mol. The first-order chi connectivity index (χ1) is 15.7. The standard InChI is InChI=1S/C24H23N5O2S/c1-3-17-8-4-5-9-19(17)26-22(30)16-32-24-28-27-23(18-12-14-25-15-13-18)29(24)20-10-6-7-11-21(20)31-2/h4-15H,3,16H2,1-2H3,(H,26,30). The van der Waals surface area contributed by atoms with Crippen LogP contribution in [0, 0.1) is 0 Å². The van der Waals surface area contributed by atoms with E-state index < -0.39 is 0 Å². The van der Waals surface area contributed by atoms with E-state index in [1.165, 1.54) is 11.8 Å². The van der Waals surface area contributed by atoms with E-state index >= 15 is 0 Å². The number of amides is 1. The number of ether oxygens (including phenoxy) is 1. The van der Waals surface area contributed by atoms with Crippen molar-refractivity contribution in [1.29, 1.82) is 0 Å². The van der Waals surface area contributed by atoms with E-state index in [9.17, 15) is 4.79 Å². The Labute approximate surface area is 190 Å². The van der Waals surface area contributed by atoms with Crippen molar-refractivity contribution < 1.29 is 9.53 Å². The minimum Gasteiger partial charge on any atom is -0.495 e. The second-order valence-corrected chi connectivity index (χ2v) is 7.84. The van der Waals surface area contributed by atoms with E-state index in [-0.39, 0.29) is 11.7 Å². The number of anilines is 1. The first-order valence-corrected chi connectivity index (χ1v) is 11.2. The summed E-state index contributed by atoms with van der Waals surface area (Å²) in [5.74, 6) is 1.43. The van der Waals surface area contributed by atoms with E-state index in [0.29, 0.717) is 16.7 Å². The van der Waals surface area contributed by atoms with Crippen LogP contribution in [0.1, 0.15) is 12.5 Å². The van der Waals surface area contributed by atoms with Crippen LogP contribution in [0.5, 0.6) is 5.75 Å². The lowest BCUT2D eigenvalue weighted by atomic mass is 10.1. The first-order valence-electron chi connectivity index (χ1n) is 10.2. The number of carbonyl (C=O) groups is 1. The summed E-state index contributed by atoms with van der Waals surface area (Å²) in [6.07, 6.45) is 4.27. The molecule has 1 amide bonds. The Kier molecular flexibility index (Phi) is 6.81. The van der Waals surface area contributed by atoms with Crippen molar-refractivity contribution in [2.45, 2.75) is 18.5 Å². The summed E-state index contributed by atoms with van der Waals surface area (Å²) < 4.78 is 7.48. The molecule has 0 atom stereocenters. The number of para-hydroxylation sites is 3. The third kappa shape index (κ3) is 4.65. The lowest BCUT2D eigenvalue weighted by Gasteiger charge is -2.14. The van der Waals surface area contributed by atoms with Gasteiger partial charge >= 0.3 is 0 Å². The van der Waals surface area contributed by atoms with Gasteiger partial charge in [-0.25, -0.2) is 0 Å². The van der Waals surface area contributed by atoms with Gasteiger partial charge in [0.15, 0.2) is 11.0 Å². The van der Waals surface area contributed by atoms with Gasteiger partial charge in [-0.15, -0.1) is 10.2 Å². The minimum absolute atomic E-state index is 0.101. The molecule has 4 aromatic rings. The van der Waals surface area contributed by atoms with Crippen LogP contribution in [0.25, 0.3) is 17.1 Å². The maximum absolute atomic E-state index is 12.7. The smallest absolute Gasteiger partial charge is 0.234 e. The molecule has 0 aliphatic rings. The van der Waals surface area contributed by atoms with Crippen LogP contribution in [0.2, 0.25) is 0 Å². The fourth-order valence-corrected chi connectivity index (χ4v) is 4.09. The van der Waals surface area contributed by atoms with Gasteiger partial charge in [0.25, 0.3) is 0 Å². The van der Waals surface area contributed by atoms with Gasteiger partial charge in [0.2, 0.25) is 5.91 Å². The highest BCUT2D eigenvalue weighted by atomic mass is 32.2. The third-order valence-corrected chi connectivity index (χ3v) is 5.83. The highest BCUT2D eigenvalue weighted by Gasteiger charge is 2.20. The van der Waals surface area contributed by atoms with Gasteiger partial charge in [-0.3, -0.25) is 14.3 Å². The number of aryl methyl sites for hydroxylation is 1. The summed E-state index contributed by atoms with van der Waals surface area (Å²) in [6.45, 7) is 2.07. The van der Waals surface area contributed by atoms with Crippen LogP contribution in [-0.4, -0.2) is 38.5 Å². The Morgan fingerprint density at radius 2 is 1.78 bits per heavy atom. The van der Waals surface area contributed by atoms with Gasteiger partial charge in [-0.1, -0.05) is 49.0 Å². The topological polar surface area (TPSA) is 81.9 Å². The number of hydrogen-bond donors (Lipinski definition) is 1. The molecule has 0 unspecified atom stereocenters. The molecular weight excluding hydrogens is 422 g/mol. The molecule has 0 saturated carbocycles. The molecule has 162 valence electrons. The zero-order valence-electron chi connectivity index (χ0n) is 17.9. The Morgan fingerprint density at radius 3 is 2.56 bits per heavy atom.